The number of rotatable bonds is 4. The first kappa shape index (κ1) is 14.5. The van der Waals surface area contributed by atoms with Crippen LogP contribution < -0.4 is 10.2 Å². The van der Waals surface area contributed by atoms with Crippen LogP contribution in [0, 0.1) is 6.92 Å². The minimum absolute atomic E-state index is 0.0977. The molecular formula is C17H20N4O. The number of amides is 1. The van der Waals surface area contributed by atoms with Gasteiger partial charge in [-0.15, -0.1) is 0 Å². The number of aromatic nitrogens is 2. The van der Waals surface area contributed by atoms with Gasteiger partial charge >= 0.3 is 0 Å². The van der Waals surface area contributed by atoms with Crippen LogP contribution in [0.3, 0.4) is 0 Å². The highest BCUT2D eigenvalue weighted by Gasteiger charge is 2.32. The number of para-hydroxylation sites is 1. The van der Waals surface area contributed by atoms with Crippen LogP contribution in [0.15, 0.2) is 36.4 Å². The number of benzene rings is 1. The lowest BCUT2D eigenvalue weighted by molar-refractivity contribution is -0.117. The maximum atomic E-state index is 12.6. The highest BCUT2D eigenvalue weighted by molar-refractivity contribution is 6.00. The topological polar surface area (TPSA) is 58.1 Å². The molecule has 1 N–H and O–H groups in total. The molecule has 114 valence electrons. The van der Waals surface area contributed by atoms with Crippen molar-refractivity contribution < 1.29 is 4.79 Å². The van der Waals surface area contributed by atoms with Crippen LogP contribution in [-0.4, -0.2) is 28.5 Å². The zero-order valence-electron chi connectivity index (χ0n) is 12.9. The highest BCUT2D eigenvalue weighted by Crippen LogP contribution is 2.23. The van der Waals surface area contributed by atoms with E-state index in [9.17, 15) is 4.79 Å². The van der Waals surface area contributed by atoms with Crippen LogP contribution in [-0.2, 0) is 11.2 Å². The number of carbonyl (C=O) groups excluding carboxylic acids is 1. The molecule has 1 unspecified atom stereocenters. The molecule has 0 saturated carbocycles. The van der Waals surface area contributed by atoms with E-state index in [1.807, 2.05) is 48.2 Å². The summed E-state index contributed by atoms with van der Waals surface area (Å²) in [4.78, 5) is 23.1. The van der Waals surface area contributed by atoms with Gasteiger partial charge in [-0.25, -0.2) is 9.97 Å². The van der Waals surface area contributed by atoms with Crippen molar-refractivity contribution in [1.82, 2.24) is 9.97 Å². The number of aryl methyl sites for hydroxylation is 2. The van der Waals surface area contributed by atoms with E-state index in [1.165, 1.54) is 0 Å². The summed E-state index contributed by atoms with van der Waals surface area (Å²) in [5.41, 5.74) is 1.94. The van der Waals surface area contributed by atoms with Gasteiger partial charge in [-0.1, -0.05) is 25.1 Å². The van der Waals surface area contributed by atoms with Crippen LogP contribution >= 0.6 is 0 Å². The average molecular weight is 296 g/mol. The molecule has 2 aromatic rings. The summed E-state index contributed by atoms with van der Waals surface area (Å²) in [6.45, 7) is 4.66. The Hall–Kier alpha value is -2.43. The van der Waals surface area contributed by atoms with Crippen LogP contribution in [0.25, 0.3) is 0 Å². The minimum atomic E-state index is -0.223. The SMILES string of the molecule is CCc1cc(NC2CCN(c3ccccc3)C2=O)nc(C)n1. The number of carbonyl (C=O) groups is 1. The van der Waals surface area contributed by atoms with Crippen molar-refractivity contribution in [3.63, 3.8) is 0 Å². The average Bonchev–Trinajstić information content (AvgIpc) is 2.88. The van der Waals surface area contributed by atoms with E-state index in [2.05, 4.69) is 22.2 Å². The summed E-state index contributed by atoms with van der Waals surface area (Å²) in [5.74, 6) is 1.56. The number of nitrogens with one attached hydrogen (secondary N) is 1. The van der Waals surface area contributed by atoms with Gasteiger partial charge in [0, 0.05) is 24.0 Å². The second-order valence-corrected chi connectivity index (χ2v) is 5.46. The summed E-state index contributed by atoms with van der Waals surface area (Å²) >= 11 is 0. The van der Waals surface area contributed by atoms with Crippen molar-refractivity contribution >= 4 is 17.4 Å². The molecule has 1 saturated heterocycles. The molecule has 1 aromatic heterocycles. The lowest BCUT2D eigenvalue weighted by atomic mass is 10.2. The Morgan fingerprint density at radius 2 is 2.05 bits per heavy atom. The third-order valence-corrected chi connectivity index (χ3v) is 3.85. The van der Waals surface area contributed by atoms with Crippen molar-refractivity contribution in [2.24, 2.45) is 0 Å². The van der Waals surface area contributed by atoms with E-state index in [0.29, 0.717) is 0 Å². The molecule has 1 aliphatic heterocycles. The van der Waals surface area contributed by atoms with Gasteiger partial charge in [0.1, 0.15) is 17.7 Å². The number of nitrogens with zero attached hydrogens (tertiary/aromatic N) is 3. The second kappa shape index (κ2) is 6.13. The number of hydrogen-bond donors (Lipinski definition) is 1. The van der Waals surface area contributed by atoms with Crippen molar-refractivity contribution in [2.75, 3.05) is 16.8 Å². The minimum Gasteiger partial charge on any atom is -0.358 e. The van der Waals surface area contributed by atoms with Crippen molar-refractivity contribution in [2.45, 2.75) is 32.7 Å². The van der Waals surface area contributed by atoms with E-state index >= 15 is 0 Å². The van der Waals surface area contributed by atoms with E-state index in [-0.39, 0.29) is 11.9 Å². The van der Waals surface area contributed by atoms with Crippen LogP contribution in [0.1, 0.15) is 24.9 Å². The first-order valence-corrected chi connectivity index (χ1v) is 7.65. The molecule has 1 aromatic carbocycles. The molecule has 22 heavy (non-hydrogen) atoms. The van der Waals surface area contributed by atoms with E-state index in [4.69, 9.17) is 0 Å². The normalized spacial score (nSPS) is 17.8. The molecule has 1 fully saturated rings. The lowest BCUT2D eigenvalue weighted by Gasteiger charge is -2.17. The summed E-state index contributed by atoms with van der Waals surface area (Å²) in [5, 5.41) is 3.26. The zero-order valence-corrected chi connectivity index (χ0v) is 12.9. The second-order valence-electron chi connectivity index (χ2n) is 5.46. The van der Waals surface area contributed by atoms with Crippen LogP contribution in [0.5, 0.6) is 0 Å². The summed E-state index contributed by atoms with van der Waals surface area (Å²) in [6.07, 6.45) is 1.63. The van der Waals surface area contributed by atoms with Gasteiger partial charge in [0.05, 0.1) is 0 Å². The summed E-state index contributed by atoms with van der Waals surface area (Å²) in [6, 6.07) is 11.5. The fourth-order valence-electron chi connectivity index (χ4n) is 2.74. The molecule has 0 aliphatic carbocycles. The predicted octanol–water partition coefficient (Wildman–Crippen LogP) is 2.56. The number of anilines is 2. The van der Waals surface area contributed by atoms with Crippen LogP contribution in [0.2, 0.25) is 0 Å². The molecule has 1 atom stereocenters. The highest BCUT2D eigenvalue weighted by atomic mass is 16.2. The summed E-state index contributed by atoms with van der Waals surface area (Å²) < 4.78 is 0. The van der Waals surface area contributed by atoms with Crippen molar-refractivity contribution in [3.8, 4) is 0 Å². The number of hydrogen-bond acceptors (Lipinski definition) is 4. The maximum absolute atomic E-state index is 12.6. The molecule has 5 heteroatoms. The third-order valence-electron chi connectivity index (χ3n) is 3.85. The molecule has 1 amide bonds. The quantitative estimate of drug-likeness (QED) is 0.942. The molecule has 0 bridgehead atoms. The molecule has 0 radical (unpaired) electrons. The van der Waals surface area contributed by atoms with Gasteiger partial charge in [0.15, 0.2) is 0 Å². The fourth-order valence-corrected chi connectivity index (χ4v) is 2.74. The molecule has 2 heterocycles. The Morgan fingerprint density at radius 1 is 1.27 bits per heavy atom. The first-order valence-electron chi connectivity index (χ1n) is 7.65. The zero-order chi connectivity index (χ0) is 15.5. The van der Waals surface area contributed by atoms with Gasteiger partial charge in [0.25, 0.3) is 0 Å². The first-order chi connectivity index (χ1) is 10.7. The summed E-state index contributed by atoms with van der Waals surface area (Å²) in [7, 11) is 0. The Labute approximate surface area is 130 Å². The standard InChI is InChI=1S/C17H20N4O/c1-3-13-11-16(19-12(2)18-13)20-15-9-10-21(17(15)22)14-7-5-4-6-8-14/h4-8,11,15H,3,9-10H2,1-2H3,(H,18,19,20). The third kappa shape index (κ3) is 2.93. The van der Waals surface area contributed by atoms with Gasteiger partial charge in [-0.2, -0.15) is 0 Å². The Kier molecular flexibility index (Phi) is 4.04. The molecular weight excluding hydrogens is 276 g/mol. The van der Waals surface area contributed by atoms with Gasteiger partial charge in [-0.3, -0.25) is 4.79 Å². The van der Waals surface area contributed by atoms with Crippen molar-refractivity contribution in [1.29, 1.82) is 0 Å². The van der Waals surface area contributed by atoms with Gasteiger partial charge in [0.2, 0.25) is 5.91 Å². The lowest BCUT2D eigenvalue weighted by Crippen LogP contribution is -2.33. The van der Waals surface area contributed by atoms with E-state index < -0.39 is 0 Å². The Morgan fingerprint density at radius 3 is 2.77 bits per heavy atom. The van der Waals surface area contributed by atoms with Gasteiger partial charge in [-0.05, 0) is 31.9 Å². The van der Waals surface area contributed by atoms with Crippen molar-refractivity contribution in [3.05, 3.63) is 47.9 Å². The van der Waals surface area contributed by atoms with E-state index in [1.54, 1.807) is 0 Å². The fraction of sp³-hybridized carbons (Fsp3) is 0.353. The Balaban J connectivity index is 1.75. The van der Waals surface area contributed by atoms with Gasteiger partial charge < -0.3 is 10.2 Å². The molecule has 5 nitrogen and oxygen atoms in total. The monoisotopic (exact) mass is 296 g/mol. The predicted molar refractivity (Wildman–Crippen MR) is 87.0 cm³/mol. The molecule has 1 aliphatic rings. The maximum Gasteiger partial charge on any atom is 0.249 e. The Bertz CT molecular complexity index is 672. The molecule has 3 rings (SSSR count). The van der Waals surface area contributed by atoms with Crippen LogP contribution in [0.4, 0.5) is 11.5 Å². The smallest absolute Gasteiger partial charge is 0.249 e. The largest absolute Gasteiger partial charge is 0.358 e. The van der Waals surface area contributed by atoms with E-state index in [0.717, 1.165) is 42.4 Å². The molecule has 0 spiro atoms.